The fraction of sp³-hybridized carbons (Fsp3) is 0.600. The number of aromatic nitrogens is 3. The summed E-state index contributed by atoms with van der Waals surface area (Å²) in [6.45, 7) is 0.802. The molecule has 0 aromatic carbocycles. The number of fused-ring (bicyclic) bond motifs is 1. The van der Waals surface area contributed by atoms with Gasteiger partial charge in [0, 0.05) is 13.0 Å². The summed E-state index contributed by atoms with van der Waals surface area (Å²) in [5.41, 5.74) is 0. The Morgan fingerprint density at radius 2 is 2.67 bits per heavy atom. The van der Waals surface area contributed by atoms with Gasteiger partial charge in [0.1, 0.15) is 12.4 Å². The Labute approximate surface area is 52.1 Å². The van der Waals surface area contributed by atoms with Gasteiger partial charge in [0.25, 0.3) is 0 Å². The van der Waals surface area contributed by atoms with Gasteiger partial charge in [0.15, 0.2) is 5.82 Å². The molecule has 2 heterocycles. The third-order valence-electron chi connectivity index (χ3n) is 1.56. The zero-order chi connectivity index (χ0) is 6.27. The normalized spacial score (nSPS) is 24.3. The van der Waals surface area contributed by atoms with Crippen molar-refractivity contribution in [1.29, 1.82) is 0 Å². The van der Waals surface area contributed by atoms with Gasteiger partial charge >= 0.3 is 0 Å². The number of hydrogen-bond acceptors (Lipinski definition) is 3. The molecule has 48 valence electrons. The summed E-state index contributed by atoms with van der Waals surface area (Å²) in [6.07, 6.45) is 1.85. The van der Waals surface area contributed by atoms with Gasteiger partial charge in [-0.1, -0.05) is 0 Å². The molecule has 1 aliphatic heterocycles. The Morgan fingerprint density at radius 1 is 1.78 bits per heavy atom. The van der Waals surface area contributed by atoms with Crippen molar-refractivity contribution in [3.05, 3.63) is 12.2 Å². The van der Waals surface area contributed by atoms with Crippen LogP contribution in [-0.2, 0) is 6.54 Å². The molecule has 0 aliphatic carbocycles. The second-order valence-corrected chi connectivity index (χ2v) is 2.15. The third kappa shape index (κ3) is 0.564. The Balaban J connectivity index is 2.49. The topological polar surface area (TPSA) is 50.9 Å². The van der Waals surface area contributed by atoms with E-state index in [0.29, 0.717) is 5.82 Å². The average Bonchev–Trinajstić information content (AvgIpc) is 2.35. The lowest BCUT2D eigenvalue weighted by Crippen LogP contribution is -1.94. The van der Waals surface area contributed by atoms with Crippen LogP contribution in [-0.4, -0.2) is 19.9 Å². The highest BCUT2D eigenvalue weighted by atomic mass is 16.3. The maximum absolute atomic E-state index is 9.15. The summed E-state index contributed by atoms with van der Waals surface area (Å²) in [6, 6.07) is 0. The van der Waals surface area contributed by atoms with Crippen LogP contribution in [0.5, 0.6) is 0 Å². The summed E-state index contributed by atoms with van der Waals surface area (Å²) in [5.74, 6) is 0.704. The van der Waals surface area contributed by atoms with Crippen molar-refractivity contribution in [2.75, 3.05) is 0 Å². The van der Waals surface area contributed by atoms with Crippen LogP contribution in [0.15, 0.2) is 6.33 Å². The van der Waals surface area contributed by atoms with Crippen LogP contribution in [0.3, 0.4) is 0 Å². The van der Waals surface area contributed by atoms with Crippen molar-refractivity contribution in [3.63, 3.8) is 0 Å². The van der Waals surface area contributed by atoms with E-state index in [1.807, 2.05) is 0 Å². The number of aliphatic hydroxyl groups is 1. The zero-order valence-electron chi connectivity index (χ0n) is 4.86. The van der Waals surface area contributed by atoms with Gasteiger partial charge in [-0.3, -0.25) is 0 Å². The van der Waals surface area contributed by atoms with Crippen LogP contribution in [0.4, 0.5) is 0 Å². The molecule has 1 aliphatic rings. The first-order valence-corrected chi connectivity index (χ1v) is 2.93. The summed E-state index contributed by atoms with van der Waals surface area (Å²) >= 11 is 0. The summed E-state index contributed by atoms with van der Waals surface area (Å²) in [4.78, 5) is 3.88. The minimum atomic E-state index is -0.382. The summed E-state index contributed by atoms with van der Waals surface area (Å²) < 4.78 is 1.73. The van der Waals surface area contributed by atoms with Crippen molar-refractivity contribution in [1.82, 2.24) is 14.8 Å². The van der Waals surface area contributed by atoms with Crippen LogP contribution < -0.4 is 0 Å². The first-order valence-electron chi connectivity index (χ1n) is 2.93. The molecule has 0 fully saturated rings. The van der Waals surface area contributed by atoms with Gasteiger partial charge in [-0.25, -0.2) is 9.67 Å². The molecule has 2 rings (SSSR count). The van der Waals surface area contributed by atoms with Crippen LogP contribution in [0, 0.1) is 0 Å². The Kier molecular flexibility index (Phi) is 0.843. The Bertz CT molecular complexity index is 220. The van der Waals surface area contributed by atoms with Crippen molar-refractivity contribution < 1.29 is 5.11 Å². The van der Waals surface area contributed by atoms with E-state index >= 15 is 0 Å². The molecule has 0 radical (unpaired) electrons. The van der Waals surface area contributed by atoms with Crippen molar-refractivity contribution >= 4 is 0 Å². The average molecular weight is 125 g/mol. The number of nitrogens with zero attached hydrogens (tertiary/aromatic N) is 3. The van der Waals surface area contributed by atoms with Crippen molar-refractivity contribution in [2.45, 2.75) is 19.1 Å². The Morgan fingerprint density at radius 3 is 3.44 bits per heavy atom. The van der Waals surface area contributed by atoms with E-state index in [-0.39, 0.29) is 6.10 Å². The molecule has 0 saturated carbocycles. The maximum Gasteiger partial charge on any atom is 0.155 e. The van der Waals surface area contributed by atoms with Crippen LogP contribution in [0.25, 0.3) is 0 Å². The van der Waals surface area contributed by atoms with Crippen molar-refractivity contribution in [2.24, 2.45) is 0 Å². The monoisotopic (exact) mass is 125 g/mol. The van der Waals surface area contributed by atoms with E-state index in [9.17, 15) is 0 Å². The second kappa shape index (κ2) is 1.54. The van der Waals surface area contributed by atoms with Gasteiger partial charge < -0.3 is 5.11 Å². The van der Waals surface area contributed by atoms with Gasteiger partial charge in [0.2, 0.25) is 0 Å². The molecule has 1 aromatic rings. The predicted octanol–water partition coefficient (Wildman–Crippen LogP) is -0.285. The van der Waals surface area contributed by atoms with Crippen LogP contribution in [0.2, 0.25) is 0 Å². The minimum absolute atomic E-state index is 0.382. The zero-order valence-corrected chi connectivity index (χ0v) is 4.86. The van der Waals surface area contributed by atoms with E-state index in [4.69, 9.17) is 5.11 Å². The minimum Gasteiger partial charge on any atom is -0.385 e. The summed E-state index contributed by atoms with van der Waals surface area (Å²) in [5, 5.41) is 13.0. The molecule has 4 nitrogen and oxygen atoms in total. The molecular weight excluding hydrogens is 118 g/mol. The number of hydrogen-bond donors (Lipinski definition) is 1. The third-order valence-corrected chi connectivity index (χ3v) is 1.56. The van der Waals surface area contributed by atoms with Gasteiger partial charge in [-0.05, 0) is 0 Å². The predicted molar refractivity (Wildman–Crippen MR) is 29.6 cm³/mol. The molecule has 0 spiro atoms. The lowest BCUT2D eigenvalue weighted by atomic mass is 10.3. The quantitative estimate of drug-likeness (QED) is 0.518. The molecule has 0 amide bonds. The largest absolute Gasteiger partial charge is 0.385 e. The highest BCUT2D eigenvalue weighted by molar-refractivity contribution is 4.94. The second-order valence-electron chi connectivity index (χ2n) is 2.15. The van der Waals surface area contributed by atoms with Gasteiger partial charge in [-0.2, -0.15) is 5.10 Å². The molecule has 9 heavy (non-hydrogen) atoms. The first-order chi connectivity index (χ1) is 4.38. The highest BCUT2D eigenvalue weighted by Gasteiger charge is 2.21. The van der Waals surface area contributed by atoms with E-state index in [1.165, 1.54) is 6.33 Å². The number of aryl methyl sites for hydroxylation is 1. The molecule has 0 saturated heterocycles. The smallest absolute Gasteiger partial charge is 0.155 e. The molecule has 0 unspecified atom stereocenters. The first kappa shape index (κ1) is 4.93. The van der Waals surface area contributed by atoms with Crippen LogP contribution in [0.1, 0.15) is 18.3 Å². The number of aliphatic hydroxyl groups excluding tert-OH is 1. The van der Waals surface area contributed by atoms with E-state index in [2.05, 4.69) is 10.1 Å². The fourth-order valence-corrected chi connectivity index (χ4v) is 1.08. The lowest BCUT2D eigenvalue weighted by molar-refractivity contribution is 0.175. The van der Waals surface area contributed by atoms with Gasteiger partial charge in [-0.15, -0.1) is 0 Å². The fourth-order valence-electron chi connectivity index (χ4n) is 1.08. The summed E-state index contributed by atoms with van der Waals surface area (Å²) in [7, 11) is 0. The molecule has 4 heteroatoms. The van der Waals surface area contributed by atoms with E-state index in [1.54, 1.807) is 4.68 Å². The van der Waals surface area contributed by atoms with Gasteiger partial charge in [0.05, 0.1) is 0 Å². The molecule has 1 atom stereocenters. The lowest BCUT2D eigenvalue weighted by Gasteiger charge is -1.92. The Hall–Kier alpha value is -0.900. The highest BCUT2D eigenvalue weighted by Crippen LogP contribution is 2.20. The van der Waals surface area contributed by atoms with Crippen molar-refractivity contribution in [3.8, 4) is 0 Å². The standard InChI is InChI=1S/C5H7N3O/c9-4-1-2-8-5(4)6-3-7-8/h3-4,9H,1-2H2/t4-/m1/s1. The van der Waals surface area contributed by atoms with E-state index < -0.39 is 0 Å². The maximum atomic E-state index is 9.15. The molecule has 1 aromatic heterocycles. The SMILES string of the molecule is O[C@@H]1CCn2ncnc21. The molecule has 0 bridgehead atoms. The molecule has 1 N–H and O–H groups in total. The molecular formula is C5H7N3O. The number of rotatable bonds is 0. The van der Waals surface area contributed by atoms with Crippen LogP contribution >= 0.6 is 0 Å². The van der Waals surface area contributed by atoms with E-state index in [0.717, 1.165) is 13.0 Å².